The highest BCUT2D eigenvalue weighted by Gasteiger charge is 2.29. The van der Waals surface area contributed by atoms with E-state index in [4.69, 9.17) is 11.6 Å². The van der Waals surface area contributed by atoms with Gasteiger partial charge >= 0.3 is 0 Å². The van der Waals surface area contributed by atoms with Crippen molar-refractivity contribution >= 4 is 40.4 Å². The number of piperazine rings is 1. The first kappa shape index (κ1) is 17.9. The Morgan fingerprint density at radius 1 is 1.32 bits per heavy atom. The van der Waals surface area contributed by atoms with Crippen LogP contribution in [0.15, 0.2) is 35.7 Å². The Bertz CT molecular complexity index is 779. The zero-order chi connectivity index (χ0) is 18.0. The van der Waals surface area contributed by atoms with Gasteiger partial charge in [0.1, 0.15) is 0 Å². The van der Waals surface area contributed by atoms with Crippen molar-refractivity contribution in [2.75, 3.05) is 18.4 Å². The van der Waals surface area contributed by atoms with Crippen molar-refractivity contribution in [2.24, 2.45) is 0 Å². The smallest absolute Gasteiger partial charge is 0.265 e. The molecule has 25 heavy (non-hydrogen) atoms. The van der Waals surface area contributed by atoms with Crippen molar-refractivity contribution in [3.63, 3.8) is 0 Å². The second kappa shape index (κ2) is 7.56. The third-order valence-corrected chi connectivity index (χ3v) is 5.70. The molecule has 2 heterocycles. The summed E-state index contributed by atoms with van der Waals surface area (Å²) < 4.78 is 0. The van der Waals surface area contributed by atoms with E-state index >= 15 is 0 Å². The Balaban J connectivity index is 1.81. The summed E-state index contributed by atoms with van der Waals surface area (Å²) in [5.74, 6) is -0.283. The maximum absolute atomic E-state index is 12.9. The minimum absolute atomic E-state index is 0.0517. The minimum atomic E-state index is -0.231. The third-order valence-electron chi connectivity index (χ3n) is 4.50. The van der Waals surface area contributed by atoms with E-state index < -0.39 is 0 Å². The summed E-state index contributed by atoms with van der Waals surface area (Å²) in [6, 6.07) is 8.89. The van der Waals surface area contributed by atoms with Gasteiger partial charge in [-0.05, 0) is 43.5 Å². The molecule has 1 aromatic carbocycles. The van der Waals surface area contributed by atoms with Crippen LogP contribution in [0.5, 0.6) is 0 Å². The first-order chi connectivity index (χ1) is 12.0. The maximum Gasteiger partial charge on any atom is 0.265 e. The van der Waals surface area contributed by atoms with Gasteiger partial charge in [0, 0.05) is 30.7 Å². The van der Waals surface area contributed by atoms with Gasteiger partial charge < -0.3 is 15.5 Å². The summed E-state index contributed by atoms with van der Waals surface area (Å²) in [6.07, 6.45) is 0. The van der Waals surface area contributed by atoms with Crippen LogP contribution < -0.4 is 10.6 Å². The zero-order valence-electron chi connectivity index (χ0n) is 14.1. The fourth-order valence-electron chi connectivity index (χ4n) is 2.85. The minimum Gasteiger partial charge on any atom is -0.333 e. The maximum atomic E-state index is 12.9. The van der Waals surface area contributed by atoms with Crippen molar-refractivity contribution in [1.29, 1.82) is 0 Å². The lowest BCUT2D eigenvalue weighted by Gasteiger charge is -2.38. The average molecular weight is 378 g/mol. The number of rotatable bonds is 3. The van der Waals surface area contributed by atoms with Crippen molar-refractivity contribution in [3.8, 4) is 0 Å². The van der Waals surface area contributed by atoms with Gasteiger partial charge in [0.25, 0.3) is 11.8 Å². The van der Waals surface area contributed by atoms with Gasteiger partial charge in [-0.1, -0.05) is 17.7 Å². The van der Waals surface area contributed by atoms with E-state index in [2.05, 4.69) is 17.6 Å². The van der Waals surface area contributed by atoms with Crippen LogP contribution in [0.1, 0.15) is 33.9 Å². The van der Waals surface area contributed by atoms with Crippen molar-refractivity contribution < 1.29 is 9.59 Å². The first-order valence-corrected chi connectivity index (χ1v) is 9.42. The van der Waals surface area contributed by atoms with Crippen LogP contribution in [0.2, 0.25) is 5.02 Å². The SMILES string of the molecule is CC1NCCN(C(=O)c2ccc(Cl)c(NC(=O)c3cccs3)c2)C1C. The molecule has 1 aliphatic heterocycles. The molecule has 1 aliphatic rings. The number of hydrogen-bond donors (Lipinski definition) is 2. The molecule has 1 fully saturated rings. The predicted molar refractivity (Wildman–Crippen MR) is 102 cm³/mol. The molecule has 2 N–H and O–H groups in total. The van der Waals surface area contributed by atoms with Crippen LogP contribution in [0.25, 0.3) is 0 Å². The molecule has 5 nitrogen and oxygen atoms in total. The monoisotopic (exact) mass is 377 g/mol. The molecule has 0 aliphatic carbocycles. The van der Waals surface area contributed by atoms with Gasteiger partial charge in [-0.15, -0.1) is 11.3 Å². The molecule has 1 saturated heterocycles. The van der Waals surface area contributed by atoms with E-state index in [0.29, 0.717) is 27.7 Å². The number of nitrogens with one attached hydrogen (secondary N) is 2. The van der Waals surface area contributed by atoms with E-state index in [0.717, 1.165) is 6.54 Å². The number of nitrogens with zero attached hydrogens (tertiary/aromatic N) is 1. The predicted octanol–water partition coefficient (Wildman–Crippen LogP) is 3.48. The summed E-state index contributed by atoms with van der Waals surface area (Å²) in [4.78, 5) is 27.6. The number of thiophene rings is 1. The number of carbonyl (C=O) groups excluding carboxylic acids is 2. The van der Waals surface area contributed by atoms with E-state index in [1.165, 1.54) is 11.3 Å². The lowest BCUT2D eigenvalue weighted by Crippen LogP contribution is -2.57. The Hall–Kier alpha value is -1.89. The molecule has 2 amide bonds. The summed E-state index contributed by atoms with van der Waals surface area (Å²) in [6.45, 7) is 5.53. The number of anilines is 1. The molecular weight excluding hydrogens is 358 g/mol. The third kappa shape index (κ3) is 3.86. The summed E-state index contributed by atoms with van der Waals surface area (Å²) in [7, 11) is 0. The molecule has 0 radical (unpaired) electrons. The van der Waals surface area contributed by atoms with Gasteiger partial charge in [0.05, 0.1) is 15.6 Å². The Morgan fingerprint density at radius 2 is 2.12 bits per heavy atom. The standard InChI is InChI=1S/C18H20ClN3O2S/c1-11-12(2)22(8-7-20-11)18(24)13-5-6-14(19)15(10-13)21-17(23)16-4-3-9-25-16/h3-6,9-12,20H,7-8H2,1-2H3,(H,21,23). The molecule has 0 bridgehead atoms. The van der Waals surface area contributed by atoms with Crippen LogP contribution in [-0.4, -0.2) is 41.9 Å². The van der Waals surface area contributed by atoms with Crippen LogP contribution in [0.3, 0.4) is 0 Å². The average Bonchev–Trinajstić information content (AvgIpc) is 3.13. The highest BCUT2D eigenvalue weighted by Crippen LogP contribution is 2.26. The largest absolute Gasteiger partial charge is 0.333 e. The molecule has 2 aromatic rings. The first-order valence-electron chi connectivity index (χ1n) is 8.16. The Kier molecular flexibility index (Phi) is 5.42. The normalized spacial score (nSPS) is 20.4. The number of amides is 2. The molecule has 3 rings (SSSR count). The Morgan fingerprint density at radius 3 is 2.84 bits per heavy atom. The fraction of sp³-hybridized carbons (Fsp3) is 0.333. The summed E-state index contributed by atoms with van der Waals surface area (Å²) >= 11 is 7.55. The molecule has 0 saturated carbocycles. The van der Waals surface area contributed by atoms with E-state index in [1.54, 1.807) is 24.3 Å². The van der Waals surface area contributed by atoms with Gasteiger partial charge in [0.15, 0.2) is 0 Å². The van der Waals surface area contributed by atoms with Crippen LogP contribution >= 0.6 is 22.9 Å². The van der Waals surface area contributed by atoms with Crippen LogP contribution in [0.4, 0.5) is 5.69 Å². The lowest BCUT2D eigenvalue weighted by molar-refractivity contribution is 0.0603. The summed E-state index contributed by atoms with van der Waals surface area (Å²) in [5.41, 5.74) is 0.966. The number of benzene rings is 1. The highest BCUT2D eigenvalue weighted by molar-refractivity contribution is 7.12. The second-order valence-electron chi connectivity index (χ2n) is 6.11. The zero-order valence-corrected chi connectivity index (χ0v) is 15.7. The molecule has 7 heteroatoms. The van der Waals surface area contributed by atoms with Crippen LogP contribution in [0, 0.1) is 0 Å². The van der Waals surface area contributed by atoms with Gasteiger partial charge in [0.2, 0.25) is 0 Å². The summed E-state index contributed by atoms with van der Waals surface area (Å²) in [5, 5.41) is 8.39. The van der Waals surface area contributed by atoms with E-state index in [9.17, 15) is 9.59 Å². The van der Waals surface area contributed by atoms with Gasteiger partial charge in [-0.2, -0.15) is 0 Å². The number of halogens is 1. The Labute approximate surface area is 156 Å². The van der Waals surface area contributed by atoms with Gasteiger partial charge in [-0.25, -0.2) is 0 Å². The number of hydrogen-bond acceptors (Lipinski definition) is 4. The topological polar surface area (TPSA) is 61.4 Å². The van der Waals surface area contributed by atoms with Crippen LogP contribution in [-0.2, 0) is 0 Å². The van der Waals surface area contributed by atoms with Crippen molar-refractivity contribution in [3.05, 3.63) is 51.2 Å². The van der Waals surface area contributed by atoms with Crippen molar-refractivity contribution in [2.45, 2.75) is 25.9 Å². The molecule has 0 spiro atoms. The highest BCUT2D eigenvalue weighted by atomic mass is 35.5. The van der Waals surface area contributed by atoms with E-state index in [1.807, 2.05) is 23.3 Å². The van der Waals surface area contributed by atoms with Gasteiger partial charge in [-0.3, -0.25) is 9.59 Å². The number of carbonyl (C=O) groups is 2. The van der Waals surface area contributed by atoms with E-state index in [-0.39, 0.29) is 23.9 Å². The fourth-order valence-corrected chi connectivity index (χ4v) is 3.64. The molecule has 132 valence electrons. The van der Waals surface area contributed by atoms with Crippen molar-refractivity contribution in [1.82, 2.24) is 10.2 Å². The molecule has 1 aromatic heterocycles. The quantitative estimate of drug-likeness (QED) is 0.860. The lowest BCUT2D eigenvalue weighted by atomic mass is 10.0. The second-order valence-corrected chi connectivity index (χ2v) is 7.46. The molecule has 2 unspecified atom stereocenters. The molecule has 2 atom stereocenters. The molecular formula is C18H20ClN3O2S.